The number of aromatic nitrogens is 2. The van der Waals surface area contributed by atoms with Crippen LogP contribution in [0, 0.1) is 6.92 Å². The minimum absolute atomic E-state index is 0.0942. The van der Waals surface area contributed by atoms with Gasteiger partial charge in [-0.3, -0.25) is 4.79 Å². The van der Waals surface area contributed by atoms with Crippen molar-refractivity contribution in [2.75, 3.05) is 0 Å². The van der Waals surface area contributed by atoms with E-state index in [-0.39, 0.29) is 5.56 Å². The normalized spacial score (nSPS) is 10.8. The Labute approximate surface area is 131 Å². The third kappa shape index (κ3) is 3.96. The van der Waals surface area contributed by atoms with E-state index < -0.39 is 0 Å². The van der Waals surface area contributed by atoms with E-state index in [0.29, 0.717) is 10.2 Å². The summed E-state index contributed by atoms with van der Waals surface area (Å²) < 4.78 is 0.559. The van der Waals surface area contributed by atoms with Gasteiger partial charge in [-0.05, 0) is 41.4 Å². The Hall–Kier alpha value is -1.07. The number of nitrogens with zero attached hydrogens (tertiary/aromatic N) is 1. The fraction of sp³-hybridized carbons (Fsp3) is 0.333. The minimum atomic E-state index is -0.0942. The van der Waals surface area contributed by atoms with Gasteiger partial charge in [0.05, 0.1) is 11.4 Å². The molecular formula is C15H17BrN2OS. The monoisotopic (exact) mass is 352 g/mol. The predicted molar refractivity (Wildman–Crippen MR) is 87.3 cm³/mol. The molecule has 0 unspecified atom stereocenters. The summed E-state index contributed by atoms with van der Waals surface area (Å²) in [6.07, 6.45) is 1.78. The summed E-state index contributed by atoms with van der Waals surface area (Å²) in [7, 11) is 0. The number of halogens is 1. The van der Waals surface area contributed by atoms with Crippen LogP contribution in [-0.2, 0) is 12.2 Å². The second-order valence-electron chi connectivity index (χ2n) is 4.63. The van der Waals surface area contributed by atoms with Crippen LogP contribution in [0.1, 0.15) is 30.4 Å². The molecule has 0 bridgehead atoms. The number of aryl methyl sites for hydroxylation is 2. The maximum atomic E-state index is 11.8. The zero-order valence-electron chi connectivity index (χ0n) is 11.6. The Balaban J connectivity index is 2.15. The molecule has 0 radical (unpaired) electrons. The molecule has 1 heterocycles. The second-order valence-corrected chi connectivity index (χ2v) is 6.47. The number of benzene rings is 1. The standard InChI is InChI=1S/C15H17BrN2OS/c1-3-5-12-14(16)15(19)18-13(17-12)9-20-11-7-4-6-10(2)8-11/h4,6-8H,3,5,9H2,1-2H3,(H,17,18,19). The van der Waals surface area contributed by atoms with Crippen LogP contribution in [0.2, 0.25) is 0 Å². The van der Waals surface area contributed by atoms with Crippen LogP contribution in [0.5, 0.6) is 0 Å². The topological polar surface area (TPSA) is 45.8 Å². The third-order valence-electron chi connectivity index (χ3n) is 2.83. The summed E-state index contributed by atoms with van der Waals surface area (Å²) in [5.41, 5.74) is 1.98. The Bertz CT molecular complexity index is 655. The van der Waals surface area contributed by atoms with Crippen molar-refractivity contribution < 1.29 is 0 Å². The predicted octanol–water partition coefficient (Wildman–Crippen LogP) is 4.09. The maximum absolute atomic E-state index is 11.8. The lowest BCUT2D eigenvalue weighted by atomic mass is 10.2. The highest BCUT2D eigenvalue weighted by molar-refractivity contribution is 9.10. The third-order valence-corrected chi connectivity index (χ3v) is 4.66. The number of H-pyrrole nitrogens is 1. The van der Waals surface area contributed by atoms with Crippen LogP contribution < -0.4 is 5.56 Å². The van der Waals surface area contributed by atoms with Crippen molar-refractivity contribution in [1.29, 1.82) is 0 Å². The highest BCUT2D eigenvalue weighted by atomic mass is 79.9. The van der Waals surface area contributed by atoms with Crippen LogP contribution >= 0.6 is 27.7 Å². The molecule has 2 rings (SSSR count). The summed E-state index contributed by atoms with van der Waals surface area (Å²) in [6, 6.07) is 8.32. The van der Waals surface area contributed by atoms with Crippen LogP contribution in [0.25, 0.3) is 0 Å². The molecule has 106 valence electrons. The SMILES string of the molecule is CCCc1nc(CSc2cccc(C)c2)[nH]c(=O)c1Br. The summed E-state index contributed by atoms with van der Waals surface area (Å²) >= 11 is 4.99. The Morgan fingerprint density at radius 1 is 1.40 bits per heavy atom. The van der Waals surface area contributed by atoms with E-state index in [9.17, 15) is 4.79 Å². The van der Waals surface area contributed by atoms with Crippen molar-refractivity contribution in [3.05, 3.63) is 56.2 Å². The minimum Gasteiger partial charge on any atom is -0.309 e. The maximum Gasteiger partial charge on any atom is 0.265 e. The lowest BCUT2D eigenvalue weighted by Gasteiger charge is -2.06. The lowest BCUT2D eigenvalue weighted by molar-refractivity contribution is 0.835. The van der Waals surface area contributed by atoms with E-state index in [1.807, 2.05) is 6.07 Å². The zero-order valence-corrected chi connectivity index (χ0v) is 14.0. The van der Waals surface area contributed by atoms with Crippen LogP contribution in [0.15, 0.2) is 38.4 Å². The van der Waals surface area contributed by atoms with Gasteiger partial charge in [-0.25, -0.2) is 4.98 Å². The van der Waals surface area contributed by atoms with Gasteiger partial charge in [-0.1, -0.05) is 31.0 Å². The van der Waals surface area contributed by atoms with E-state index in [0.717, 1.165) is 24.4 Å². The molecule has 0 fully saturated rings. The quantitative estimate of drug-likeness (QED) is 0.824. The van der Waals surface area contributed by atoms with E-state index in [4.69, 9.17) is 0 Å². The summed E-state index contributed by atoms with van der Waals surface area (Å²) in [5, 5.41) is 0. The fourth-order valence-corrected chi connectivity index (χ4v) is 3.15. The van der Waals surface area contributed by atoms with Gasteiger partial charge in [0.15, 0.2) is 0 Å². The van der Waals surface area contributed by atoms with E-state index in [1.54, 1.807) is 11.8 Å². The molecule has 2 aromatic rings. The molecule has 0 spiro atoms. The van der Waals surface area contributed by atoms with Crippen LogP contribution in [0.4, 0.5) is 0 Å². The van der Waals surface area contributed by atoms with Crippen molar-refractivity contribution in [3.63, 3.8) is 0 Å². The van der Waals surface area contributed by atoms with Crippen molar-refractivity contribution in [2.45, 2.75) is 37.3 Å². The van der Waals surface area contributed by atoms with Gasteiger partial charge in [0.2, 0.25) is 0 Å². The van der Waals surface area contributed by atoms with Crippen LogP contribution in [-0.4, -0.2) is 9.97 Å². The number of rotatable bonds is 5. The molecule has 20 heavy (non-hydrogen) atoms. The van der Waals surface area contributed by atoms with Crippen molar-refractivity contribution >= 4 is 27.7 Å². The van der Waals surface area contributed by atoms with Crippen LogP contribution in [0.3, 0.4) is 0 Å². The van der Waals surface area contributed by atoms with E-state index >= 15 is 0 Å². The molecule has 0 aliphatic rings. The molecule has 1 aromatic carbocycles. The highest BCUT2D eigenvalue weighted by Crippen LogP contribution is 2.22. The lowest BCUT2D eigenvalue weighted by Crippen LogP contribution is -2.15. The smallest absolute Gasteiger partial charge is 0.265 e. The Morgan fingerprint density at radius 3 is 2.90 bits per heavy atom. The average Bonchev–Trinajstić information content (AvgIpc) is 2.42. The summed E-state index contributed by atoms with van der Waals surface area (Å²) in [6.45, 7) is 4.15. The molecule has 0 saturated heterocycles. The second kappa shape index (κ2) is 7.09. The van der Waals surface area contributed by atoms with Crippen molar-refractivity contribution in [2.24, 2.45) is 0 Å². The van der Waals surface area contributed by atoms with Gasteiger partial charge in [-0.2, -0.15) is 0 Å². The zero-order chi connectivity index (χ0) is 14.5. The molecule has 1 N–H and O–H groups in total. The molecule has 5 heteroatoms. The highest BCUT2D eigenvalue weighted by Gasteiger charge is 2.08. The average molecular weight is 353 g/mol. The van der Waals surface area contributed by atoms with Gasteiger partial charge in [0.1, 0.15) is 10.3 Å². The molecule has 1 aromatic heterocycles. The van der Waals surface area contributed by atoms with Crippen molar-refractivity contribution in [3.8, 4) is 0 Å². The van der Waals surface area contributed by atoms with Crippen molar-refractivity contribution in [1.82, 2.24) is 9.97 Å². The summed E-state index contributed by atoms with van der Waals surface area (Å²) in [4.78, 5) is 20.4. The first-order valence-corrected chi connectivity index (χ1v) is 8.35. The molecule has 0 amide bonds. The van der Waals surface area contributed by atoms with Gasteiger partial charge in [-0.15, -0.1) is 11.8 Å². The number of aromatic amines is 1. The van der Waals surface area contributed by atoms with Gasteiger partial charge >= 0.3 is 0 Å². The first-order chi connectivity index (χ1) is 9.60. The molecule has 0 atom stereocenters. The molecule has 0 aliphatic heterocycles. The van der Waals surface area contributed by atoms with E-state index in [2.05, 4.69) is 57.9 Å². The number of thioether (sulfide) groups is 1. The van der Waals surface area contributed by atoms with E-state index in [1.165, 1.54) is 10.5 Å². The van der Waals surface area contributed by atoms with Gasteiger partial charge in [0, 0.05) is 4.90 Å². The molecule has 0 saturated carbocycles. The number of hydrogen-bond donors (Lipinski definition) is 1. The van der Waals surface area contributed by atoms with Gasteiger partial charge in [0.25, 0.3) is 5.56 Å². The Kier molecular flexibility index (Phi) is 5.43. The molecule has 0 aliphatic carbocycles. The molecule has 3 nitrogen and oxygen atoms in total. The first kappa shape index (κ1) is 15.3. The molecular weight excluding hydrogens is 336 g/mol. The Morgan fingerprint density at radius 2 is 2.20 bits per heavy atom. The largest absolute Gasteiger partial charge is 0.309 e. The first-order valence-electron chi connectivity index (χ1n) is 6.57. The number of nitrogens with one attached hydrogen (secondary N) is 1. The number of hydrogen-bond acceptors (Lipinski definition) is 3. The fourth-order valence-electron chi connectivity index (χ4n) is 1.88. The summed E-state index contributed by atoms with van der Waals surface area (Å²) in [5.74, 6) is 1.40. The van der Waals surface area contributed by atoms with Gasteiger partial charge < -0.3 is 4.98 Å².